The van der Waals surface area contributed by atoms with Crippen LogP contribution in [0.1, 0.15) is 44.7 Å². The molecule has 0 heterocycles. The Hall–Kier alpha value is -1.42. The molecule has 1 aliphatic carbocycles. The third kappa shape index (κ3) is 3.77. The van der Waals surface area contributed by atoms with Gasteiger partial charge in [0.25, 0.3) is 5.69 Å². The molecule has 1 aromatic carbocycles. The summed E-state index contributed by atoms with van der Waals surface area (Å²) in [4.78, 5) is 10.5. The molecule has 2 atom stereocenters. The maximum Gasteiger partial charge on any atom is 0.269 e. The summed E-state index contributed by atoms with van der Waals surface area (Å²) >= 11 is 0. The van der Waals surface area contributed by atoms with E-state index in [9.17, 15) is 10.1 Å². The second-order valence-corrected chi connectivity index (χ2v) is 5.54. The average Bonchev–Trinajstić information content (AvgIpc) is 3.24. The van der Waals surface area contributed by atoms with Crippen LogP contribution in [0.2, 0.25) is 0 Å². The van der Waals surface area contributed by atoms with Crippen molar-refractivity contribution in [2.45, 2.75) is 39.2 Å². The van der Waals surface area contributed by atoms with E-state index in [1.165, 1.54) is 12.8 Å². The molecule has 19 heavy (non-hydrogen) atoms. The van der Waals surface area contributed by atoms with Crippen LogP contribution in [0, 0.1) is 22.0 Å². The number of benzene rings is 1. The predicted molar refractivity (Wildman–Crippen MR) is 76.0 cm³/mol. The summed E-state index contributed by atoms with van der Waals surface area (Å²) in [6.45, 7) is 5.38. The number of nitro groups is 1. The van der Waals surface area contributed by atoms with E-state index in [1.807, 2.05) is 6.07 Å². The number of nitrogens with one attached hydrogen (secondary N) is 1. The van der Waals surface area contributed by atoms with Crippen LogP contribution in [0.4, 0.5) is 5.69 Å². The minimum Gasteiger partial charge on any atom is -0.310 e. The lowest BCUT2D eigenvalue weighted by molar-refractivity contribution is -0.384. The third-order valence-corrected chi connectivity index (χ3v) is 4.00. The highest BCUT2D eigenvalue weighted by Gasteiger charge is 2.28. The predicted octanol–water partition coefficient (Wildman–Crippen LogP) is 3.68. The van der Waals surface area contributed by atoms with Gasteiger partial charge in [-0.2, -0.15) is 0 Å². The van der Waals surface area contributed by atoms with Crippen LogP contribution in [0.5, 0.6) is 0 Å². The van der Waals surface area contributed by atoms with Gasteiger partial charge in [-0.25, -0.2) is 0 Å². The van der Waals surface area contributed by atoms with Gasteiger partial charge in [-0.1, -0.05) is 26.0 Å². The van der Waals surface area contributed by atoms with Gasteiger partial charge in [-0.05, 0) is 43.2 Å². The number of non-ortho nitro benzene ring substituents is 1. The van der Waals surface area contributed by atoms with Crippen molar-refractivity contribution in [3.05, 3.63) is 39.9 Å². The van der Waals surface area contributed by atoms with E-state index in [-0.39, 0.29) is 16.7 Å². The molecule has 4 nitrogen and oxygen atoms in total. The summed E-state index contributed by atoms with van der Waals surface area (Å²) in [5, 5.41) is 14.4. The van der Waals surface area contributed by atoms with Crippen molar-refractivity contribution >= 4 is 5.69 Å². The molecule has 104 valence electrons. The van der Waals surface area contributed by atoms with Gasteiger partial charge in [0.05, 0.1) is 4.92 Å². The zero-order valence-electron chi connectivity index (χ0n) is 11.6. The van der Waals surface area contributed by atoms with Gasteiger partial charge >= 0.3 is 0 Å². The molecule has 0 aromatic heterocycles. The van der Waals surface area contributed by atoms with Gasteiger partial charge < -0.3 is 5.32 Å². The number of hydrogen-bond acceptors (Lipinski definition) is 3. The molecule has 4 heteroatoms. The van der Waals surface area contributed by atoms with Crippen molar-refractivity contribution in [2.24, 2.45) is 11.8 Å². The largest absolute Gasteiger partial charge is 0.310 e. The zero-order valence-corrected chi connectivity index (χ0v) is 11.6. The maximum absolute atomic E-state index is 10.8. The summed E-state index contributed by atoms with van der Waals surface area (Å²) in [7, 11) is 0. The Morgan fingerprint density at radius 1 is 1.47 bits per heavy atom. The monoisotopic (exact) mass is 262 g/mol. The van der Waals surface area contributed by atoms with E-state index in [1.54, 1.807) is 18.2 Å². The van der Waals surface area contributed by atoms with Crippen molar-refractivity contribution < 1.29 is 4.92 Å². The SMILES string of the molecule is CCC(NCC(C)C1CC1)c1cccc([N+](=O)[O-])c1. The van der Waals surface area contributed by atoms with E-state index in [0.29, 0.717) is 5.92 Å². The van der Waals surface area contributed by atoms with E-state index >= 15 is 0 Å². The van der Waals surface area contributed by atoms with Gasteiger partial charge in [0.1, 0.15) is 0 Å². The smallest absolute Gasteiger partial charge is 0.269 e. The normalized spacial score (nSPS) is 18.0. The minimum absolute atomic E-state index is 0.174. The highest BCUT2D eigenvalue weighted by Crippen LogP contribution is 2.36. The molecule has 1 aliphatic rings. The summed E-state index contributed by atoms with van der Waals surface area (Å²) in [6.07, 6.45) is 3.66. The Labute approximate surface area is 114 Å². The maximum atomic E-state index is 10.8. The highest BCUT2D eigenvalue weighted by atomic mass is 16.6. The van der Waals surface area contributed by atoms with Crippen molar-refractivity contribution in [3.8, 4) is 0 Å². The topological polar surface area (TPSA) is 55.2 Å². The van der Waals surface area contributed by atoms with Crippen LogP contribution in [0.3, 0.4) is 0 Å². The fourth-order valence-corrected chi connectivity index (χ4v) is 2.51. The van der Waals surface area contributed by atoms with Crippen molar-refractivity contribution in [1.82, 2.24) is 5.32 Å². The quantitative estimate of drug-likeness (QED) is 0.602. The average molecular weight is 262 g/mol. The lowest BCUT2D eigenvalue weighted by atomic mass is 10.0. The molecule has 0 saturated heterocycles. The van der Waals surface area contributed by atoms with Gasteiger partial charge in [-0.3, -0.25) is 10.1 Å². The fourth-order valence-electron chi connectivity index (χ4n) is 2.51. The van der Waals surface area contributed by atoms with Crippen LogP contribution < -0.4 is 5.32 Å². The lowest BCUT2D eigenvalue weighted by Gasteiger charge is -2.20. The molecular formula is C15H22N2O2. The van der Waals surface area contributed by atoms with E-state index in [4.69, 9.17) is 0 Å². The Morgan fingerprint density at radius 3 is 2.79 bits per heavy atom. The lowest BCUT2D eigenvalue weighted by Crippen LogP contribution is -2.26. The molecule has 1 saturated carbocycles. The summed E-state index contributed by atoms with van der Waals surface area (Å²) in [5.41, 5.74) is 1.19. The minimum atomic E-state index is -0.330. The Kier molecular flexibility index (Phi) is 4.53. The molecule has 1 aromatic rings. The van der Waals surface area contributed by atoms with Gasteiger partial charge in [-0.15, -0.1) is 0 Å². The standard InChI is InChI=1S/C15H22N2O2/c1-3-15(16-10-11(2)12-7-8-12)13-5-4-6-14(9-13)17(18)19/h4-6,9,11-12,15-16H,3,7-8,10H2,1-2H3. The Bertz CT molecular complexity index is 444. The molecule has 1 fully saturated rings. The summed E-state index contributed by atoms with van der Waals surface area (Å²) < 4.78 is 0. The van der Waals surface area contributed by atoms with Crippen LogP contribution in [-0.4, -0.2) is 11.5 Å². The third-order valence-electron chi connectivity index (χ3n) is 4.00. The van der Waals surface area contributed by atoms with Gasteiger partial charge in [0.2, 0.25) is 0 Å². The highest BCUT2D eigenvalue weighted by molar-refractivity contribution is 5.35. The first-order valence-corrected chi connectivity index (χ1v) is 7.09. The second-order valence-electron chi connectivity index (χ2n) is 5.54. The number of nitro benzene ring substituents is 1. The number of nitrogens with zero attached hydrogens (tertiary/aromatic N) is 1. The van der Waals surface area contributed by atoms with E-state index < -0.39 is 0 Å². The molecular weight excluding hydrogens is 240 g/mol. The molecule has 0 amide bonds. The molecule has 1 N–H and O–H groups in total. The number of hydrogen-bond donors (Lipinski definition) is 1. The summed E-state index contributed by atoms with van der Waals surface area (Å²) in [6, 6.07) is 7.17. The van der Waals surface area contributed by atoms with Gasteiger partial charge in [0.15, 0.2) is 0 Å². The first-order valence-electron chi connectivity index (χ1n) is 7.09. The molecule has 2 unspecified atom stereocenters. The van der Waals surface area contributed by atoms with E-state index in [2.05, 4.69) is 19.2 Å². The zero-order chi connectivity index (χ0) is 13.8. The molecule has 0 aliphatic heterocycles. The van der Waals surface area contributed by atoms with Crippen molar-refractivity contribution in [3.63, 3.8) is 0 Å². The van der Waals surface area contributed by atoms with Crippen LogP contribution in [0.25, 0.3) is 0 Å². The Balaban J connectivity index is 1.99. The Morgan fingerprint density at radius 2 is 2.21 bits per heavy atom. The molecule has 0 spiro atoms. The van der Waals surface area contributed by atoms with Crippen LogP contribution in [0.15, 0.2) is 24.3 Å². The van der Waals surface area contributed by atoms with Crippen molar-refractivity contribution in [2.75, 3.05) is 6.54 Å². The van der Waals surface area contributed by atoms with Gasteiger partial charge in [0, 0.05) is 18.2 Å². The summed E-state index contributed by atoms with van der Waals surface area (Å²) in [5.74, 6) is 1.59. The van der Waals surface area contributed by atoms with Crippen molar-refractivity contribution in [1.29, 1.82) is 0 Å². The molecule has 0 bridgehead atoms. The second kappa shape index (κ2) is 6.15. The van der Waals surface area contributed by atoms with E-state index in [0.717, 1.165) is 24.4 Å². The van der Waals surface area contributed by atoms with Crippen LogP contribution >= 0.6 is 0 Å². The first kappa shape index (κ1) is 14.0. The molecule has 0 radical (unpaired) electrons. The molecule has 2 rings (SSSR count). The fraction of sp³-hybridized carbons (Fsp3) is 0.600. The number of rotatable bonds is 7. The first-order chi connectivity index (χ1) is 9.11. The van der Waals surface area contributed by atoms with Crippen LogP contribution in [-0.2, 0) is 0 Å².